The highest BCUT2D eigenvalue weighted by atomic mass is 16.6. The molecule has 0 aromatic carbocycles. The van der Waals surface area contributed by atoms with Crippen LogP contribution in [0.3, 0.4) is 0 Å². The summed E-state index contributed by atoms with van der Waals surface area (Å²) in [6, 6.07) is -1.46. The van der Waals surface area contributed by atoms with E-state index in [9.17, 15) is 19.5 Å². The number of esters is 1. The summed E-state index contributed by atoms with van der Waals surface area (Å²) in [7, 11) is 0. The monoisotopic (exact) mass is 481 g/mol. The first-order valence-electron chi connectivity index (χ1n) is 12.6. The van der Waals surface area contributed by atoms with Crippen LogP contribution in [-0.2, 0) is 28.6 Å². The number of carbonyl (C=O) groups excluding carboxylic acids is 3. The number of ether oxygens (including phenoxy) is 3. The zero-order valence-electron chi connectivity index (χ0n) is 20.7. The fourth-order valence-electron chi connectivity index (χ4n) is 6.49. The van der Waals surface area contributed by atoms with E-state index in [1.807, 2.05) is 20.8 Å². The molecule has 2 bridgehead atoms. The molecule has 6 atom stereocenters. The number of carbonyl (C=O) groups is 3. The molecule has 4 aliphatic heterocycles. The molecule has 34 heavy (non-hydrogen) atoms. The molecule has 0 aromatic heterocycles. The van der Waals surface area contributed by atoms with Gasteiger partial charge in [-0.05, 0) is 32.6 Å². The van der Waals surface area contributed by atoms with Gasteiger partial charge in [-0.25, -0.2) is 0 Å². The highest BCUT2D eigenvalue weighted by Gasteiger charge is 2.78. The van der Waals surface area contributed by atoms with Gasteiger partial charge in [0.2, 0.25) is 11.8 Å². The maximum absolute atomic E-state index is 13.9. The van der Waals surface area contributed by atoms with Crippen molar-refractivity contribution in [2.45, 2.75) is 63.8 Å². The number of morpholine rings is 1. The Morgan fingerprint density at radius 2 is 1.97 bits per heavy atom. The molecule has 2 unspecified atom stereocenters. The minimum absolute atomic E-state index is 0.0818. The summed E-state index contributed by atoms with van der Waals surface area (Å²) in [5.74, 6) is -2.70. The summed E-state index contributed by atoms with van der Waals surface area (Å²) in [4.78, 5) is 44.3. The predicted octanol–water partition coefficient (Wildman–Crippen LogP) is -0.220. The number of amides is 2. The van der Waals surface area contributed by atoms with Gasteiger partial charge in [0.15, 0.2) is 0 Å². The lowest BCUT2D eigenvalue weighted by Gasteiger charge is -2.38. The molecule has 4 rings (SSSR count). The Morgan fingerprint density at radius 1 is 1.26 bits per heavy atom. The van der Waals surface area contributed by atoms with Crippen LogP contribution in [-0.4, -0.2) is 109 Å². The number of fused-ring (bicyclic) bond motifs is 1. The Bertz CT molecular complexity index is 801. The van der Waals surface area contributed by atoms with E-state index in [-0.39, 0.29) is 30.9 Å². The first-order chi connectivity index (χ1) is 16.2. The van der Waals surface area contributed by atoms with Crippen molar-refractivity contribution in [3.05, 3.63) is 0 Å². The van der Waals surface area contributed by atoms with Crippen LogP contribution in [0, 0.1) is 17.8 Å². The lowest BCUT2D eigenvalue weighted by atomic mass is 9.66. The highest BCUT2D eigenvalue weighted by Crippen LogP contribution is 2.63. The summed E-state index contributed by atoms with van der Waals surface area (Å²) in [5.41, 5.74) is -1.95. The molecule has 0 saturated carbocycles. The lowest BCUT2D eigenvalue weighted by molar-refractivity contribution is -0.160. The Kier molecular flexibility index (Phi) is 7.24. The topological polar surface area (TPSA) is 118 Å². The van der Waals surface area contributed by atoms with E-state index in [1.165, 1.54) is 4.90 Å². The SMILES string of the molecule is CCOC(=O)[C@H]1[C@H]2C(=O)N([C@@H](CO)C(C)C)C(C(=O)NCCN3CCOCC3)C23CC[C@]1(C)O3. The van der Waals surface area contributed by atoms with Crippen molar-refractivity contribution < 1.29 is 33.7 Å². The molecule has 4 aliphatic rings. The largest absolute Gasteiger partial charge is 0.466 e. The second-order valence-corrected chi connectivity index (χ2v) is 10.5. The first kappa shape index (κ1) is 25.3. The molecule has 4 fully saturated rings. The number of nitrogens with zero attached hydrogens (tertiary/aromatic N) is 2. The van der Waals surface area contributed by atoms with Crippen molar-refractivity contribution in [3.8, 4) is 0 Å². The molecule has 1 spiro atoms. The van der Waals surface area contributed by atoms with Gasteiger partial charge in [-0.15, -0.1) is 0 Å². The number of aliphatic hydroxyl groups is 1. The quantitative estimate of drug-likeness (QED) is 0.434. The van der Waals surface area contributed by atoms with Crippen molar-refractivity contribution in [3.63, 3.8) is 0 Å². The second kappa shape index (κ2) is 9.72. The number of hydrogen-bond donors (Lipinski definition) is 2. The minimum atomic E-state index is -1.10. The number of nitrogens with one attached hydrogen (secondary N) is 1. The molecule has 10 nitrogen and oxygen atoms in total. The zero-order valence-corrected chi connectivity index (χ0v) is 20.7. The average molecular weight is 482 g/mol. The van der Waals surface area contributed by atoms with Gasteiger partial charge in [-0.2, -0.15) is 0 Å². The Balaban J connectivity index is 1.62. The summed E-state index contributed by atoms with van der Waals surface area (Å²) in [5, 5.41) is 13.2. The van der Waals surface area contributed by atoms with Crippen LogP contribution < -0.4 is 5.32 Å². The van der Waals surface area contributed by atoms with E-state index in [0.717, 1.165) is 13.1 Å². The minimum Gasteiger partial charge on any atom is -0.466 e. The highest BCUT2D eigenvalue weighted by molar-refractivity contribution is 5.98. The molecule has 10 heteroatoms. The van der Waals surface area contributed by atoms with Crippen LogP contribution in [0.25, 0.3) is 0 Å². The molecule has 0 radical (unpaired) electrons. The van der Waals surface area contributed by atoms with Crippen molar-refractivity contribution in [1.29, 1.82) is 0 Å². The molecular formula is C24H39N3O7. The average Bonchev–Trinajstić information content (AvgIpc) is 3.36. The third-order valence-electron chi connectivity index (χ3n) is 8.15. The number of aliphatic hydroxyl groups excluding tert-OH is 1. The Hall–Kier alpha value is -1.75. The zero-order chi connectivity index (χ0) is 24.7. The number of likely N-dealkylation sites (tertiary alicyclic amines) is 1. The predicted molar refractivity (Wildman–Crippen MR) is 122 cm³/mol. The second-order valence-electron chi connectivity index (χ2n) is 10.5. The molecule has 0 aromatic rings. The van der Waals surface area contributed by atoms with Crippen molar-refractivity contribution >= 4 is 17.8 Å². The van der Waals surface area contributed by atoms with Gasteiger partial charge in [0.05, 0.1) is 44.0 Å². The van der Waals surface area contributed by atoms with Crippen molar-refractivity contribution in [1.82, 2.24) is 15.1 Å². The van der Waals surface area contributed by atoms with Gasteiger partial charge in [0.25, 0.3) is 0 Å². The van der Waals surface area contributed by atoms with E-state index >= 15 is 0 Å². The standard InChI is InChI=1S/C24H39N3O7/c1-5-33-22(31)18-17-21(30)27(16(14-28)15(2)3)19(24(17)7-6-23(18,4)34-24)20(29)25-8-9-26-10-12-32-13-11-26/h15-19,28H,5-14H2,1-4H3,(H,25,29)/t16-,17-,18+,19?,23-,24?/m0/s1. The van der Waals surface area contributed by atoms with E-state index in [0.29, 0.717) is 39.1 Å². The third kappa shape index (κ3) is 4.02. The van der Waals surface area contributed by atoms with E-state index in [2.05, 4.69) is 10.2 Å². The molecule has 4 heterocycles. The molecule has 4 saturated heterocycles. The summed E-state index contributed by atoms with van der Waals surface area (Å²) in [6.45, 7) is 11.5. The Labute approximate surface area is 201 Å². The summed E-state index contributed by atoms with van der Waals surface area (Å²) >= 11 is 0. The van der Waals surface area contributed by atoms with Crippen molar-refractivity contribution in [2.24, 2.45) is 17.8 Å². The molecular weight excluding hydrogens is 442 g/mol. The van der Waals surface area contributed by atoms with Crippen LogP contribution in [0.5, 0.6) is 0 Å². The molecule has 0 aliphatic carbocycles. The third-order valence-corrected chi connectivity index (χ3v) is 8.15. The van der Waals surface area contributed by atoms with Gasteiger partial charge >= 0.3 is 5.97 Å². The Morgan fingerprint density at radius 3 is 2.59 bits per heavy atom. The van der Waals surface area contributed by atoms with Gasteiger partial charge in [0, 0.05) is 26.2 Å². The fourth-order valence-corrected chi connectivity index (χ4v) is 6.49. The van der Waals surface area contributed by atoms with Gasteiger partial charge in [-0.3, -0.25) is 19.3 Å². The number of rotatable bonds is 9. The summed E-state index contributed by atoms with van der Waals surface area (Å²) < 4.78 is 17.2. The van der Waals surface area contributed by atoms with Crippen LogP contribution in [0.2, 0.25) is 0 Å². The maximum Gasteiger partial charge on any atom is 0.312 e. The van der Waals surface area contributed by atoms with Crippen LogP contribution in [0.1, 0.15) is 40.5 Å². The normalized spacial score (nSPS) is 36.1. The number of hydrogen-bond acceptors (Lipinski definition) is 8. The molecule has 2 N–H and O–H groups in total. The smallest absolute Gasteiger partial charge is 0.312 e. The van der Waals surface area contributed by atoms with Gasteiger partial charge in [0.1, 0.15) is 17.6 Å². The maximum atomic E-state index is 13.9. The lowest BCUT2D eigenvalue weighted by Crippen LogP contribution is -2.59. The van der Waals surface area contributed by atoms with Crippen LogP contribution >= 0.6 is 0 Å². The molecule has 192 valence electrons. The van der Waals surface area contributed by atoms with E-state index in [4.69, 9.17) is 14.2 Å². The van der Waals surface area contributed by atoms with E-state index < -0.39 is 41.1 Å². The summed E-state index contributed by atoms with van der Waals surface area (Å²) in [6.07, 6.45) is 1.07. The first-order valence-corrected chi connectivity index (χ1v) is 12.6. The van der Waals surface area contributed by atoms with Crippen LogP contribution in [0.15, 0.2) is 0 Å². The van der Waals surface area contributed by atoms with E-state index in [1.54, 1.807) is 6.92 Å². The fraction of sp³-hybridized carbons (Fsp3) is 0.875. The van der Waals surface area contributed by atoms with Gasteiger partial charge in [-0.1, -0.05) is 13.8 Å². The van der Waals surface area contributed by atoms with Gasteiger partial charge < -0.3 is 29.5 Å². The molecule has 2 amide bonds. The van der Waals surface area contributed by atoms with Crippen LogP contribution in [0.4, 0.5) is 0 Å². The van der Waals surface area contributed by atoms with Crippen molar-refractivity contribution in [2.75, 3.05) is 52.6 Å².